The summed E-state index contributed by atoms with van der Waals surface area (Å²) in [5.41, 5.74) is 0.701. The number of carbonyl (C=O) groups is 2. The summed E-state index contributed by atoms with van der Waals surface area (Å²) < 4.78 is 10.1. The predicted octanol–water partition coefficient (Wildman–Crippen LogP) is 7.33. The van der Waals surface area contributed by atoms with Crippen LogP contribution in [0, 0.1) is 0 Å². The SMILES string of the molecule is CCCCCCCCCCCCCC=CC=CC=CC1=C(C)C(=O)C(OC)=C(OC)C1=O. The van der Waals surface area contributed by atoms with Crippen molar-refractivity contribution in [1.82, 2.24) is 0 Å². The molecule has 0 saturated heterocycles. The first kappa shape index (κ1) is 27.7. The van der Waals surface area contributed by atoms with E-state index < -0.39 is 0 Å². The molecule has 0 atom stereocenters. The third kappa shape index (κ3) is 9.84. The molecular formula is C28H42O4. The van der Waals surface area contributed by atoms with E-state index in [-0.39, 0.29) is 23.1 Å². The van der Waals surface area contributed by atoms with Gasteiger partial charge in [-0.25, -0.2) is 0 Å². The van der Waals surface area contributed by atoms with E-state index in [1.165, 1.54) is 84.8 Å². The summed E-state index contributed by atoms with van der Waals surface area (Å²) >= 11 is 0. The zero-order valence-corrected chi connectivity index (χ0v) is 20.6. The first-order valence-electron chi connectivity index (χ1n) is 12.2. The molecule has 4 nitrogen and oxygen atoms in total. The molecule has 0 aliphatic heterocycles. The molecule has 0 fully saturated rings. The van der Waals surface area contributed by atoms with Gasteiger partial charge in [-0.15, -0.1) is 0 Å². The number of hydrogen-bond donors (Lipinski definition) is 0. The lowest BCUT2D eigenvalue weighted by atomic mass is 9.93. The Labute approximate surface area is 195 Å². The maximum atomic E-state index is 12.5. The lowest BCUT2D eigenvalue weighted by Gasteiger charge is -2.18. The van der Waals surface area contributed by atoms with E-state index in [2.05, 4.69) is 13.0 Å². The molecular weight excluding hydrogens is 400 g/mol. The van der Waals surface area contributed by atoms with Gasteiger partial charge in [-0.2, -0.15) is 0 Å². The summed E-state index contributed by atoms with van der Waals surface area (Å²) in [5, 5.41) is 0. The van der Waals surface area contributed by atoms with Crippen molar-refractivity contribution in [1.29, 1.82) is 0 Å². The Morgan fingerprint density at radius 1 is 0.656 bits per heavy atom. The fourth-order valence-electron chi connectivity index (χ4n) is 3.74. The molecule has 0 heterocycles. The fourth-order valence-corrected chi connectivity index (χ4v) is 3.74. The van der Waals surface area contributed by atoms with Gasteiger partial charge >= 0.3 is 0 Å². The number of methoxy groups -OCH3 is 2. The molecule has 178 valence electrons. The Balaban J connectivity index is 2.23. The van der Waals surface area contributed by atoms with Gasteiger partial charge < -0.3 is 9.47 Å². The Hall–Kier alpha value is -2.36. The number of hydrogen-bond acceptors (Lipinski definition) is 4. The van der Waals surface area contributed by atoms with Gasteiger partial charge in [0.25, 0.3) is 0 Å². The average molecular weight is 443 g/mol. The minimum atomic E-state index is -0.335. The number of Topliss-reactive ketones (excluding diaryl/α,β-unsaturated/α-hetero) is 2. The smallest absolute Gasteiger partial charge is 0.232 e. The van der Waals surface area contributed by atoms with Crippen LogP contribution in [0.15, 0.2) is 59.1 Å². The molecule has 0 aromatic rings. The molecule has 32 heavy (non-hydrogen) atoms. The van der Waals surface area contributed by atoms with Gasteiger partial charge in [-0.05, 0) is 19.8 Å². The standard InChI is InChI=1S/C28H42O4/c1-5-6-7-8-9-10-11-12-13-14-15-16-17-18-19-20-21-22-24-23(2)25(29)27(31-3)28(32-4)26(24)30/h17-22H,5-16H2,1-4H3. The van der Waals surface area contributed by atoms with E-state index in [9.17, 15) is 9.59 Å². The van der Waals surface area contributed by atoms with Gasteiger partial charge in [0.1, 0.15) is 0 Å². The molecule has 1 aliphatic carbocycles. The number of ether oxygens (including phenoxy) is 2. The largest absolute Gasteiger partial charge is 0.489 e. The highest BCUT2D eigenvalue weighted by Crippen LogP contribution is 2.26. The summed E-state index contributed by atoms with van der Waals surface area (Å²) in [6.45, 7) is 3.89. The van der Waals surface area contributed by atoms with Crippen LogP contribution in [0.2, 0.25) is 0 Å². The Morgan fingerprint density at radius 2 is 1.16 bits per heavy atom. The number of carbonyl (C=O) groups excluding carboxylic acids is 2. The van der Waals surface area contributed by atoms with Crippen LogP contribution in [0.4, 0.5) is 0 Å². The van der Waals surface area contributed by atoms with Crippen LogP contribution in [-0.4, -0.2) is 25.8 Å². The van der Waals surface area contributed by atoms with Gasteiger partial charge in [0.15, 0.2) is 0 Å². The topological polar surface area (TPSA) is 52.6 Å². The monoisotopic (exact) mass is 442 g/mol. The zero-order valence-electron chi connectivity index (χ0n) is 20.6. The van der Waals surface area contributed by atoms with Crippen molar-refractivity contribution in [2.45, 2.75) is 90.9 Å². The van der Waals surface area contributed by atoms with Crippen molar-refractivity contribution in [2.75, 3.05) is 14.2 Å². The first-order valence-corrected chi connectivity index (χ1v) is 12.2. The molecule has 0 unspecified atom stereocenters. The lowest BCUT2D eigenvalue weighted by molar-refractivity contribution is -0.120. The first-order chi connectivity index (χ1) is 15.6. The van der Waals surface area contributed by atoms with E-state index in [1.54, 1.807) is 19.1 Å². The highest BCUT2D eigenvalue weighted by Gasteiger charge is 2.33. The van der Waals surface area contributed by atoms with Gasteiger partial charge in [0.05, 0.1) is 14.2 Å². The van der Waals surface area contributed by atoms with Crippen LogP contribution in [-0.2, 0) is 19.1 Å². The van der Waals surface area contributed by atoms with Crippen molar-refractivity contribution >= 4 is 11.6 Å². The summed E-state index contributed by atoms with van der Waals surface area (Å²) in [4.78, 5) is 24.9. The van der Waals surface area contributed by atoms with Crippen LogP contribution in [0.1, 0.15) is 90.9 Å². The van der Waals surface area contributed by atoms with Gasteiger partial charge in [0.2, 0.25) is 23.1 Å². The summed E-state index contributed by atoms with van der Waals surface area (Å²) in [6, 6.07) is 0. The zero-order chi connectivity index (χ0) is 23.6. The van der Waals surface area contributed by atoms with Crippen LogP contribution < -0.4 is 0 Å². The minimum Gasteiger partial charge on any atom is -0.489 e. The predicted molar refractivity (Wildman–Crippen MR) is 132 cm³/mol. The molecule has 0 bridgehead atoms. The maximum Gasteiger partial charge on any atom is 0.232 e. The van der Waals surface area contributed by atoms with E-state index in [1.807, 2.05) is 18.2 Å². The van der Waals surface area contributed by atoms with Gasteiger partial charge in [0, 0.05) is 11.1 Å². The number of unbranched alkanes of at least 4 members (excludes halogenated alkanes) is 11. The van der Waals surface area contributed by atoms with Crippen LogP contribution in [0.25, 0.3) is 0 Å². The van der Waals surface area contributed by atoms with Gasteiger partial charge in [-0.3, -0.25) is 9.59 Å². The Bertz CT molecular complexity index is 735. The second-order valence-corrected chi connectivity index (χ2v) is 8.26. The minimum absolute atomic E-state index is 0.0342. The van der Waals surface area contributed by atoms with Gasteiger partial charge in [-0.1, -0.05) is 108 Å². The van der Waals surface area contributed by atoms with Crippen LogP contribution in [0.5, 0.6) is 0 Å². The number of allylic oxidation sites excluding steroid dienone is 8. The van der Waals surface area contributed by atoms with Crippen molar-refractivity contribution < 1.29 is 19.1 Å². The molecule has 0 aromatic carbocycles. The normalized spacial score (nSPS) is 15.2. The third-order valence-corrected chi connectivity index (χ3v) is 5.72. The molecule has 0 saturated carbocycles. The average Bonchev–Trinajstić information content (AvgIpc) is 2.80. The molecule has 1 rings (SSSR count). The molecule has 0 spiro atoms. The summed E-state index contributed by atoms with van der Waals surface area (Å²) in [6.07, 6.45) is 27.4. The molecule has 4 heteroatoms. The second kappa shape index (κ2) is 17.2. The van der Waals surface area contributed by atoms with E-state index in [0.717, 1.165) is 6.42 Å². The second-order valence-electron chi connectivity index (χ2n) is 8.26. The molecule has 0 N–H and O–H groups in total. The Morgan fingerprint density at radius 3 is 1.72 bits per heavy atom. The Kier molecular flexibility index (Phi) is 14.9. The lowest BCUT2D eigenvalue weighted by Crippen LogP contribution is -2.24. The van der Waals surface area contributed by atoms with Crippen molar-refractivity contribution in [3.05, 3.63) is 59.1 Å². The number of ketones is 2. The fraction of sp³-hybridized carbons (Fsp3) is 0.571. The quantitative estimate of drug-likeness (QED) is 0.134. The third-order valence-electron chi connectivity index (χ3n) is 5.72. The van der Waals surface area contributed by atoms with Crippen molar-refractivity contribution in [3.63, 3.8) is 0 Å². The molecule has 0 radical (unpaired) electrons. The highest BCUT2D eigenvalue weighted by molar-refractivity contribution is 6.24. The van der Waals surface area contributed by atoms with Crippen LogP contribution in [0.3, 0.4) is 0 Å². The number of rotatable bonds is 17. The summed E-state index contributed by atoms with van der Waals surface area (Å²) in [7, 11) is 2.72. The maximum absolute atomic E-state index is 12.5. The molecule has 1 aliphatic rings. The van der Waals surface area contributed by atoms with E-state index >= 15 is 0 Å². The summed E-state index contributed by atoms with van der Waals surface area (Å²) in [5.74, 6) is -0.732. The van der Waals surface area contributed by atoms with E-state index in [0.29, 0.717) is 11.1 Å². The van der Waals surface area contributed by atoms with Crippen LogP contribution >= 0.6 is 0 Å². The van der Waals surface area contributed by atoms with Crippen molar-refractivity contribution in [2.24, 2.45) is 0 Å². The molecule has 0 amide bonds. The van der Waals surface area contributed by atoms with E-state index in [4.69, 9.17) is 9.47 Å². The molecule has 0 aromatic heterocycles. The highest BCUT2D eigenvalue weighted by atomic mass is 16.5. The van der Waals surface area contributed by atoms with Crippen molar-refractivity contribution in [3.8, 4) is 0 Å².